The lowest BCUT2D eigenvalue weighted by Gasteiger charge is -2.26. The molecule has 1 aromatic heterocycles. The Labute approximate surface area is 110 Å². The van der Waals surface area contributed by atoms with Gasteiger partial charge in [-0.3, -0.25) is 4.90 Å². The van der Waals surface area contributed by atoms with Crippen molar-refractivity contribution in [1.29, 1.82) is 0 Å². The van der Waals surface area contributed by atoms with Crippen molar-refractivity contribution >= 4 is 27.3 Å². The Kier molecular flexibility index (Phi) is 4.41. The van der Waals surface area contributed by atoms with Crippen LogP contribution >= 0.6 is 27.3 Å². The number of nitrogens with zero attached hydrogens (tertiary/aromatic N) is 2. The molecule has 16 heavy (non-hydrogen) atoms. The fourth-order valence-corrected chi connectivity index (χ4v) is 3.88. The Morgan fingerprint density at radius 2 is 2.31 bits per heavy atom. The molecule has 1 aliphatic rings. The molecule has 0 bridgehead atoms. The van der Waals surface area contributed by atoms with E-state index in [1.807, 2.05) is 11.3 Å². The first kappa shape index (κ1) is 12.6. The van der Waals surface area contributed by atoms with E-state index in [1.54, 1.807) is 0 Å². The average molecular weight is 303 g/mol. The molecule has 90 valence electrons. The second-order valence-corrected chi connectivity index (χ2v) is 7.28. The maximum absolute atomic E-state index is 3.53. The highest BCUT2D eigenvalue weighted by Gasteiger charge is 2.24. The summed E-state index contributed by atoms with van der Waals surface area (Å²) in [5.41, 5.74) is 0. The number of hydrogen-bond donors (Lipinski definition) is 0. The Hall–Kier alpha value is 0.1000. The van der Waals surface area contributed by atoms with E-state index < -0.39 is 0 Å². The molecule has 4 heteroatoms. The molecular weight excluding hydrogens is 284 g/mol. The highest BCUT2D eigenvalue weighted by atomic mass is 79.9. The van der Waals surface area contributed by atoms with E-state index in [0.29, 0.717) is 0 Å². The molecule has 0 aromatic carbocycles. The predicted molar refractivity (Wildman–Crippen MR) is 74.0 cm³/mol. The molecule has 1 unspecified atom stereocenters. The molecule has 1 atom stereocenters. The van der Waals surface area contributed by atoms with E-state index >= 15 is 0 Å². The molecule has 0 saturated carbocycles. The maximum Gasteiger partial charge on any atom is 0.0701 e. The molecule has 0 N–H and O–H groups in total. The zero-order valence-electron chi connectivity index (χ0n) is 9.95. The van der Waals surface area contributed by atoms with Crippen LogP contribution in [0.3, 0.4) is 0 Å². The summed E-state index contributed by atoms with van der Waals surface area (Å²) in [5, 5.41) is 0. The first-order valence-corrected chi connectivity index (χ1v) is 7.39. The minimum absolute atomic E-state index is 0.746. The Balaban J connectivity index is 1.93. The molecule has 1 aliphatic heterocycles. The molecule has 0 amide bonds. The van der Waals surface area contributed by atoms with Crippen LogP contribution in [0.1, 0.15) is 17.7 Å². The van der Waals surface area contributed by atoms with Gasteiger partial charge >= 0.3 is 0 Å². The van der Waals surface area contributed by atoms with E-state index in [9.17, 15) is 0 Å². The third-order valence-corrected chi connectivity index (χ3v) is 4.67. The lowest BCUT2D eigenvalue weighted by Crippen LogP contribution is -2.36. The van der Waals surface area contributed by atoms with E-state index in [2.05, 4.69) is 52.0 Å². The lowest BCUT2D eigenvalue weighted by atomic mass is 10.2. The third kappa shape index (κ3) is 3.29. The van der Waals surface area contributed by atoms with E-state index in [-0.39, 0.29) is 0 Å². The second kappa shape index (κ2) is 5.63. The van der Waals surface area contributed by atoms with Crippen LogP contribution in [0.5, 0.6) is 0 Å². The minimum Gasteiger partial charge on any atom is -0.308 e. The van der Waals surface area contributed by atoms with E-state index in [4.69, 9.17) is 0 Å². The van der Waals surface area contributed by atoms with Gasteiger partial charge in [0.2, 0.25) is 0 Å². The number of hydrogen-bond acceptors (Lipinski definition) is 3. The summed E-state index contributed by atoms with van der Waals surface area (Å²) in [6.07, 6.45) is 2.70. The van der Waals surface area contributed by atoms with Gasteiger partial charge in [-0.25, -0.2) is 0 Å². The minimum atomic E-state index is 0.746. The Bertz CT molecular complexity index is 338. The summed E-state index contributed by atoms with van der Waals surface area (Å²) >= 11 is 5.39. The monoisotopic (exact) mass is 302 g/mol. The van der Waals surface area contributed by atoms with Gasteiger partial charge in [0.1, 0.15) is 0 Å². The predicted octanol–water partition coefficient (Wildman–Crippen LogP) is 3.04. The average Bonchev–Trinajstić information content (AvgIpc) is 2.77. The zero-order chi connectivity index (χ0) is 11.5. The van der Waals surface area contributed by atoms with Crippen LogP contribution < -0.4 is 0 Å². The van der Waals surface area contributed by atoms with Crippen molar-refractivity contribution in [1.82, 2.24) is 9.80 Å². The highest BCUT2D eigenvalue weighted by Crippen LogP contribution is 2.26. The van der Waals surface area contributed by atoms with Gasteiger partial charge in [-0.1, -0.05) is 0 Å². The number of likely N-dealkylation sites (tertiary alicyclic amines) is 1. The van der Waals surface area contributed by atoms with Crippen LogP contribution in [-0.2, 0) is 6.54 Å². The van der Waals surface area contributed by atoms with Crippen LogP contribution in [0.2, 0.25) is 0 Å². The third-order valence-electron chi connectivity index (χ3n) is 3.06. The van der Waals surface area contributed by atoms with Crippen LogP contribution in [0.15, 0.2) is 15.9 Å². The largest absolute Gasteiger partial charge is 0.308 e. The molecule has 0 aliphatic carbocycles. The second-order valence-electron chi connectivity index (χ2n) is 4.73. The SMILES string of the molecule is CN(C)CC1CCCN1Cc1ccc(Br)s1. The standard InChI is InChI=1S/C12H19BrN2S/c1-14(2)8-10-4-3-7-15(10)9-11-5-6-12(13)16-11/h5-6,10H,3-4,7-9H2,1-2H3. The lowest BCUT2D eigenvalue weighted by molar-refractivity contribution is 0.202. The van der Waals surface area contributed by atoms with Crippen LogP contribution in [0.4, 0.5) is 0 Å². The first-order valence-electron chi connectivity index (χ1n) is 5.78. The van der Waals surface area contributed by atoms with Crippen molar-refractivity contribution in [2.24, 2.45) is 0 Å². The van der Waals surface area contributed by atoms with Crippen molar-refractivity contribution < 1.29 is 0 Å². The summed E-state index contributed by atoms with van der Waals surface area (Å²) in [4.78, 5) is 6.39. The van der Waals surface area contributed by atoms with Crippen molar-refractivity contribution in [3.05, 3.63) is 20.8 Å². The van der Waals surface area contributed by atoms with E-state index in [0.717, 1.165) is 12.6 Å². The summed E-state index contributed by atoms with van der Waals surface area (Å²) in [7, 11) is 4.33. The maximum atomic E-state index is 3.53. The van der Waals surface area contributed by atoms with Gasteiger partial charge in [0.15, 0.2) is 0 Å². The number of halogens is 1. The zero-order valence-corrected chi connectivity index (χ0v) is 12.4. The number of thiophene rings is 1. The molecule has 0 radical (unpaired) electrons. The quantitative estimate of drug-likeness (QED) is 0.843. The molecule has 2 rings (SSSR count). The van der Waals surface area contributed by atoms with Gasteiger partial charge in [0, 0.05) is 24.0 Å². The Morgan fingerprint density at radius 3 is 2.94 bits per heavy atom. The van der Waals surface area contributed by atoms with Crippen molar-refractivity contribution in [3.8, 4) is 0 Å². The first-order chi connectivity index (χ1) is 7.65. The Morgan fingerprint density at radius 1 is 1.50 bits per heavy atom. The number of rotatable bonds is 4. The summed E-state index contributed by atoms with van der Waals surface area (Å²) in [6, 6.07) is 5.13. The van der Waals surface area contributed by atoms with Gasteiger partial charge in [-0.2, -0.15) is 0 Å². The molecule has 1 fully saturated rings. The van der Waals surface area contributed by atoms with Crippen molar-refractivity contribution in [2.75, 3.05) is 27.2 Å². The van der Waals surface area contributed by atoms with Crippen molar-refractivity contribution in [3.63, 3.8) is 0 Å². The fourth-order valence-electron chi connectivity index (χ4n) is 2.37. The molecule has 2 heterocycles. The van der Waals surface area contributed by atoms with Crippen LogP contribution in [0, 0.1) is 0 Å². The molecule has 1 saturated heterocycles. The highest BCUT2D eigenvalue weighted by molar-refractivity contribution is 9.11. The van der Waals surface area contributed by atoms with Gasteiger partial charge in [-0.15, -0.1) is 11.3 Å². The molecule has 1 aromatic rings. The van der Waals surface area contributed by atoms with Gasteiger partial charge in [0.05, 0.1) is 3.79 Å². The molecule has 2 nitrogen and oxygen atoms in total. The van der Waals surface area contributed by atoms with E-state index in [1.165, 1.54) is 34.6 Å². The fraction of sp³-hybridized carbons (Fsp3) is 0.667. The smallest absolute Gasteiger partial charge is 0.0701 e. The topological polar surface area (TPSA) is 6.48 Å². The van der Waals surface area contributed by atoms with Crippen LogP contribution in [-0.4, -0.2) is 43.0 Å². The van der Waals surface area contributed by atoms with Gasteiger partial charge in [-0.05, 0) is 61.5 Å². The molecule has 0 spiro atoms. The normalized spacial score (nSPS) is 22.1. The van der Waals surface area contributed by atoms with Crippen molar-refractivity contribution in [2.45, 2.75) is 25.4 Å². The van der Waals surface area contributed by atoms with Gasteiger partial charge < -0.3 is 4.90 Å². The van der Waals surface area contributed by atoms with Gasteiger partial charge in [0.25, 0.3) is 0 Å². The summed E-state index contributed by atoms with van der Waals surface area (Å²) in [5.74, 6) is 0. The molecular formula is C12H19BrN2S. The summed E-state index contributed by atoms with van der Waals surface area (Å²) in [6.45, 7) is 3.56. The van der Waals surface area contributed by atoms with Crippen LogP contribution in [0.25, 0.3) is 0 Å². The number of likely N-dealkylation sites (N-methyl/N-ethyl adjacent to an activating group) is 1. The summed E-state index contributed by atoms with van der Waals surface area (Å²) < 4.78 is 1.24.